The molecule has 3 aromatic rings. The third kappa shape index (κ3) is 3.43. The number of aryl methyl sites for hydroxylation is 1. The summed E-state index contributed by atoms with van der Waals surface area (Å²) >= 11 is 0. The molecule has 3 N–H and O–H groups in total. The molecule has 3 rings (SSSR count). The zero-order valence-corrected chi connectivity index (χ0v) is 13.2. The topological polar surface area (TPSA) is 109 Å². The fraction of sp³-hybridized carbons (Fsp3) is 0.250. The fourth-order valence-electron chi connectivity index (χ4n) is 2.34. The molecular formula is C16H18N6O2. The SMILES string of the molecule is CCn1cnnc1CCNC(=O)c1cc(-c2ccc(O)cc2)n[nH]1. The average Bonchev–Trinajstić information content (AvgIpc) is 3.24. The van der Waals surface area contributed by atoms with E-state index in [1.54, 1.807) is 36.7 Å². The highest BCUT2D eigenvalue weighted by atomic mass is 16.3. The van der Waals surface area contributed by atoms with Crippen LogP contribution in [0, 0.1) is 0 Å². The van der Waals surface area contributed by atoms with Crippen LogP contribution in [0.25, 0.3) is 11.3 Å². The molecule has 0 spiro atoms. The molecule has 124 valence electrons. The third-order valence-corrected chi connectivity index (χ3v) is 3.66. The van der Waals surface area contributed by atoms with Gasteiger partial charge in [-0.2, -0.15) is 5.10 Å². The van der Waals surface area contributed by atoms with E-state index in [0.717, 1.165) is 17.9 Å². The normalized spacial score (nSPS) is 10.7. The zero-order valence-electron chi connectivity index (χ0n) is 13.2. The van der Waals surface area contributed by atoms with Gasteiger partial charge in [-0.15, -0.1) is 10.2 Å². The zero-order chi connectivity index (χ0) is 16.9. The number of phenols is 1. The molecule has 0 saturated heterocycles. The first-order valence-electron chi connectivity index (χ1n) is 7.67. The lowest BCUT2D eigenvalue weighted by Gasteiger charge is -2.04. The van der Waals surface area contributed by atoms with Gasteiger partial charge in [-0.3, -0.25) is 9.89 Å². The minimum atomic E-state index is -0.227. The summed E-state index contributed by atoms with van der Waals surface area (Å²) in [5.74, 6) is 0.800. The molecule has 2 heterocycles. The van der Waals surface area contributed by atoms with Gasteiger partial charge < -0.3 is 15.0 Å². The van der Waals surface area contributed by atoms with E-state index in [1.807, 2.05) is 11.5 Å². The van der Waals surface area contributed by atoms with E-state index in [9.17, 15) is 9.90 Å². The second-order valence-corrected chi connectivity index (χ2v) is 5.25. The van der Waals surface area contributed by atoms with Crippen molar-refractivity contribution in [2.24, 2.45) is 0 Å². The summed E-state index contributed by atoms with van der Waals surface area (Å²) in [4.78, 5) is 12.2. The number of benzene rings is 1. The van der Waals surface area contributed by atoms with Gasteiger partial charge in [0.2, 0.25) is 0 Å². The van der Waals surface area contributed by atoms with E-state index in [0.29, 0.717) is 24.4 Å². The van der Waals surface area contributed by atoms with Gasteiger partial charge in [0.15, 0.2) is 0 Å². The molecule has 0 unspecified atom stereocenters. The van der Waals surface area contributed by atoms with Crippen LogP contribution in [-0.4, -0.2) is 42.5 Å². The average molecular weight is 326 g/mol. The van der Waals surface area contributed by atoms with Gasteiger partial charge in [0, 0.05) is 25.1 Å². The number of nitrogens with zero attached hydrogens (tertiary/aromatic N) is 4. The molecular weight excluding hydrogens is 308 g/mol. The Kier molecular flexibility index (Phi) is 4.55. The Balaban J connectivity index is 1.59. The molecule has 0 aliphatic rings. The number of hydrogen-bond acceptors (Lipinski definition) is 5. The summed E-state index contributed by atoms with van der Waals surface area (Å²) in [6, 6.07) is 8.31. The number of carbonyl (C=O) groups is 1. The molecule has 0 radical (unpaired) electrons. The summed E-state index contributed by atoms with van der Waals surface area (Å²) < 4.78 is 1.94. The van der Waals surface area contributed by atoms with Crippen molar-refractivity contribution < 1.29 is 9.90 Å². The van der Waals surface area contributed by atoms with E-state index in [2.05, 4.69) is 25.7 Å². The molecule has 0 aliphatic heterocycles. The molecule has 8 heteroatoms. The van der Waals surface area contributed by atoms with E-state index < -0.39 is 0 Å². The number of phenolic OH excluding ortho intramolecular Hbond substituents is 1. The van der Waals surface area contributed by atoms with Crippen molar-refractivity contribution in [3.8, 4) is 17.0 Å². The quantitative estimate of drug-likeness (QED) is 0.634. The summed E-state index contributed by atoms with van der Waals surface area (Å²) in [5.41, 5.74) is 1.85. The van der Waals surface area contributed by atoms with Gasteiger partial charge in [0.05, 0.1) is 5.69 Å². The second kappa shape index (κ2) is 6.95. The first-order chi connectivity index (χ1) is 11.7. The van der Waals surface area contributed by atoms with E-state index in [4.69, 9.17) is 0 Å². The van der Waals surface area contributed by atoms with Crippen LogP contribution in [0.5, 0.6) is 5.75 Å². The van der Waals surface area contributed by atoms with Crippen molar-refractivity contribution >= 4 is 5.91 Å². The molecule has 0 saturated carbocycles. The predicted molar refractivity (Wildman–Crippen MR) is 87.4 cm³/mol. The second-order valence-electron chi connectivity index (χ2n) is 5.25. The van der Waals surface area contributed by atoms with Crippen LogP contribution in [-0.2, 0) is 13.0 Å². The van der Waals surface area contributed by atoms with Crippen LogP contribution in [0.2, 0.25) is 0 Å². The van der Waals surface area contributed by atoms with Gasteiger partial charge in [0.25, 0.3) is 5.91 Å². The number of aromatic amines is 1. The van der Waals surface area contributed by atoms with Crippen molar-refractivity contribution in [3.63, 3.8) is 0 Å². The fourth-order valence-corrected chi connectivity index (χ4v) is 2.34. The smallest absolute Gasteiger partial charge is 0.269 e. The lowest BCUT2D eigenvalue weighted by Crippen LogP contribution is -2.26. The Labute approximate surface area is 138 Å². The van der Waals surface area contributed by atoms with Crippen molar-refractivity contribution in [1.29, 1.82) is 0 Å². The lowest BCUT2D eigenvalue weighted by atomic mass is 10.1. The molecule has 0 fully saturated rings. The standard InChI is InChI=1S/C16H18N6O2/c1-2-22-10-18-21-15(22)7-8-17-16(24)14-9-13(19-20-14)11-3-5-12(23)6-4-11/h3-6,9-10,23H,2,7-8H2,1H3,(H,17,24)(H,19,20). The number of aromatic nitrogens is 5. The Morgan fingerprint density at radius 2 is 2.12 bits per heavy atom. The number of hydrogen-bond donors (Lipinski definition) is 3. The minimum Gasteiger partial charge on any atom is -0.508 e. The van der Waals surface area contributed by atoms with Crippen LogP contribution >= 0.6 is 0 Å². The molecule has 2 aromatic heterocycles. The highest BCUT2D eigenvalue weighted by molar-refractivity contribution is 5.93. The van der Waals surface area contributed by atoms with Crippen LogP contribution in [0.4, 0.5) is 0 Å². The van der Waals surface area contributed by atoms with Crippen LogP contribution < -0.4 is 5.32 Å². The summed E-state index contributed by atoms with van der Waals surface area (Å²) in [7, 11) is 0. The molecule has 0 bridgehead atoms. The lowest BCUT2D eigenvalue weighted by molar-refractivity contribution is 0.0949. The molecule has 0 atom stereocenters. The van der Waals surface area contributed by atoms with Crippen molar-refractivity contribution in [2.75, 3.05) is 6.54 Å². The van der Waals surface area contributed by atoms with Crippen LogP contribution in [0.1, 0.15) is 23.2 Å². The molecule has 0 aliphatic carbocycles. The molecule has 24 heavy (non-hydrogen) atoms. The highest BCUT2D eigenvalue weighted by Gasteiger charge is 2.11. The number of carbonyl (C=O) groups excluding carboxylic acids is 1. The Bertz CT molecular complexity index is 821. The predicted octanol–water partition coefficient (Wildman–Crippen LogP) is 1.37. The number of aromatic hydroxyl groups is 1. The number of rotatable bonds is 6. The maximum Gasteiger partial charge on any atom is 0.269 e. The molecule has 1 aromatic carbocycles. The summed E-state index contributed by atoms with van der Waals surface area (Å²) in [6.45, 7) is 3.28. The molecule has 8 nitrogen and oxygen atoms in total. The Morgan fingerprint density at radius 3 is 2.88 bits per heavy atom. The van der Waals surface area contributed by atoms with Crippen molar-refractivity contribution in [1.82, 2.24) is 30.3 Å². The van der Waals surface area contributed by atoms with Crippen LogP contribution in [0.3, 0.4) is 0 Å². The Hall–Kier alpha value is -3.16. The number of H-pyrrole nitrogens is 1. The summed E-state index contributed by atoms with van der Waals surface area (Å²) in [5, 5.41) is 26.9. The van der Waals surface area contributed by atoms with E-state index >= 15 is 0 Å². The minimum absolute atomic E-state index is 0.187. The van der Waals surface area contributed by atoms with Gasteiger partial charge in [-0.05, 0) is 37.3 Å². The number of amides is 1. The maximum atomic E-state index is 12.2. The largest absolute Gasteiger partial charge is 0.508 e. The summed E-state index contributed by atoms with van der Waals surface area (Å²) in [6.07, 6.45) is 2.29. The van der Waals surface area contributed by atoms with E-state index in [-0.39, 0.29) is 11.7 Å². The van der Waals surface area contributed by atoms with Crippen LogP contribution in [0.15, 0.2) is 36.7 Å². The van der Waals surface area contributed by atoms with Gasteiger partial charge in [-0.25, -0.2) is 0 Å². The monoisotopic (exact) mass is 326 g/mol. The first kappa shape index (κ1) is 15.7. The highest BCUT2D eigenvalue weighted by Crippen LogP contribution is 2.20. The van der Waals surface area contributed by atoms with Gasteiger partial charge in [-0.1, -0.05) is 0 Å². The van der Waals surface area contributed by atoms with Crippen molar-refractivity contribution in [3.05, 3.63) is 48.2 Å². The first-order valence-corrected chi connectivity index (χ1v) is 7.67. The Morgan fingerprint density at radius 1 is 1.33 bits per heavy atom. The number of nitrogens with one attached hydrogen (secondary N) is 2. The molecule has 1 amide bonds. The van der Waals surface area contributed by atoms with Gasteiger partial charge >= 0.3 is 0 Å². The van der Waals surface area contributed by atoms with Crippen molar-refractivity contribution in [2.45, 2.75) is 19.9 Å². The third-order valence-electron chi connectivity index (χ3n) is 3.66. The maximum absolute atomic E-state index is 12.2. The van der Waals surface area contributed by atoms with Gasteiger partial charge in [0.1, 0.15) is 23.6 Å². The van der Waals surface area contributed by atoms with E-state index in [1.165, 1.54) is 0 Å².